The quantitative estimate of drug-likeness (QED) is 0.859. The number of halogens is 1. The molecule has 0 saturated carbocycles. The molecule has 2 aromatic rings. The number of rotatable bonds is 5. The molecule has 0 unspecified atom stereocenters. The molecule has 0 aliphatic carbocycles. The van der Waals surface area contributed by atoms with E-state index in [1.165, 1.54) is 0 Å². The highest BCUT2D eigenvalue weighted by Crippen LogP contribution is 2.23. The van der Waals surface area contributed by atoms with E-state index in [1.807, 2.05) is 0 Å². The van der Waals surface area contributed by atoms with Gasteiger partial charge in [-0.1, -0.05) is 24.9 Å². The van der Waals surface area contributed by atoms with Crippen LogP contribution in [0, 0.1) is 0 Å². The second-order valence-corrected chi connectivity index (χ2v) is 6.93. The summed E-state index contributed by atoms with van der Waals surface area (Å²) >= 11 is 5.92. The Balaban J connectivity index is 2.55. The van der Waals surface area contributed by atoms with Crippen molar-refractivity contribution in [3.63, 3.8) is 0 Å². The fourth-order valence-electron chi connectivity index (χ4n) is 1.77. The van der Waals surface area contributed by atoms with Crippen LogP contribution in [0.3, 0.4) is 0 Å². The minimum atomic E-state index is -3.44. The molecular weight excluding hydrogens is 298 g/mol. The van der Waals surface area contributed by atoms with Gasteiger partial charge in [-0.3, -0.25) is 0 Å². The number of anilines is 1. The molecule has 1 N–H and O–H groups in total. The monoisotopic (exact) mass is 313 g/mol. The van der Waals surface area contributed by atoms with Gasteiger partial charge in [-0.25, -0.2) is 18.4 Å². The molecule has 0 radical (unpaired) electrons. The van der Waals surface area contributed by atoms with E-state index in [1.54, 1.807) is 18.2 Å². The molecule has 0 aliphatic heterocycles. The van der Waals surface area contributed by atoms with Crippen LogP contribution in [0.25, 0.3) is 11.0 Å². The van der Waals surface area contributed by atoms with Gasteiger partial charge in [0.15, 0.2) is 20.7 Å². The number of nitrogens with one attached hydrogen (secondary N) is 1. The molecule has 0 amide bonds. The molecule has 1 heterocycles. The summed E-state index contributed by atoms with van der Waals surface area (Å²) in [4.78, 5) is 8.53. The van der Waals surface area contributed by atoms with Crippen LogP contribution in [-0.4, -0.2) is 31.2 Å². The zero-order valence-corrected chi connectivity index (χ0v) is 12.9. The maximum atomic E-state index is 11.8. The first-order valence-electron chi connectivity index (χ1n) is 6.33. The van der Waals surface area contributed by atoms with Gasteiger partial charge in [-0.15, -0.1) is 0 Å². The minimum absolute atomic E-state index is 0.0246. The van der Waals surface area contributed by atoms with E-state index in [2.05, 4.69) is 22.2 Å². The highest BCUT2D eigenvalue weighted by Gasteiger charge is 2.18. The molecular formula is C13H16ClN3O2S. The van der Waals surface area contributed by atoms with Crippen LogP contribution >= 0.6 is 11.6 Å². The Morgan fingerprint density at radius 1 is 1.25 bits per heavy atom. The number of hydrogen-bond donors (Lipinski definition) is 1. The average Bonchev–Trinajstić information content (AvgIpc) is 2.36. The van der Waals surface area contributed by atoms with Crippen LogP contribution in [0.5, 0.6) is 0 Å². The first kappa shape index (κ1) is 15.0. The number of hydrogen-bond acceptors (Lipinski definition) is 5. The molecule has 2 rings (SSSR count). The smallest absolute Gasteiger partial charge is 0.198 e. The van der Waals surface area contributed by atoms with Crippen LogP contribution in [0.2, 0.25) is 5.02 Å². The van der Waals surface area contributed by atoms with Crippen molar-refractivity contribution in [1.82, 2.24) is 9.97 Å². The number of nitrogens with zero attached hydrogens (tertiary/aromatic N) is 2. The van der Waals surface area contributed by atoms with Crippen molar-refractivity contribution >= 4 is 38.3 Å². The van der Waals surface area contributed by atoms with Gasteiger partial charge in [0, 0.05) is 17.8 Å². The molecule has 0 aliphatic rings. The average molecular weight is 314 g/mol. The predicted octanol–water partition coefficient (Wildman–Crippen LogP) is 2.90. The predicted molar refractivity (Wildman–Crippen MR) is 81.1 cm³/mol. The first-order valence-corrected chi connectivity index (χ1v) is 8.60. The second-order valence-electron chi connectivity index (χ2n) is 4.56. The van der Waals surface area contributed by atoms with Crippen molar-refractivity contribution < 1.29 is 8.42 Å². The molecule has 7 heteroatoms. The third kappa shape index (κ3) is 3.37. The van der Waals surface area contributed by atoms with E-state index in [0.29, 0.717) is 22.6 Å². The molecule has 0 bridgehead atoms. The van der Waals surface area contributed by atoms with Gasteiger partial charge < -0.3 is 5.32 Å². The maximum Gasteiger partial charge on any atom is 0.198 e. The van der Waals surface area contributed by atoms with Crippen LogP contribution in [0.15, 0.2) is 23.2 Å². The molecule has 5 nitrogen and oxygen atoms in total. The summed E-state index contributed by atoms with van der Waals surface area (Å²) in [5, 5.41) is 3.55. The highest BCUT2D eigenvalue weighted by atomic mass is 35.5. The Morgan fingerprint density at radius 2 is 2.00 bits per heavy atom. The standard InChI is InChI=1S/C13H16ClN3O2S/c1-3-4-7-15-12-13(20(2,18)19)17-10-6-5-9(14)8-11(10)16-12/h5-6,8H,3-4,7H2,1-2H3,(H,15,16). The number of fused-ring (bicyclic) bond motifs is 1. The number of benzene rings is 1. The van der Waals surface area contributed by atoms with Crippen molar-refractivity contribution in [1.29, 1.82) is 0 Å². The summed E-state index contributed by atoms with van der Waals surface area (Å²) in [6, 6.07) is 4.99. The van der Waals surface area contributed by atoms with Gasteiger partial charge in [-0.2, -0.15) is 0 Å². The molecule has 1 aromatic carbocycles. The fourth-order valence-corrected chi connectivity index (χ4v) is 2.67. The van der Waals surface area contributed by atoms with Gasteiger partial charge in [0.2, 0.25) is 0 Å². The third-order valence-electron chi connectivity index (χ3n) is 2.77. The van der Waals surface area contributed by atoms with E-state index in [0.717, 1.165) is 19.1 Å². The lowest BCUT2D eigenvalue weighted by molar-refractivity contribution is 0.598. The lowest BCUT2D eigenvalue weighted by Gasteiger charge is -2.10. The molecule has 0 saturated heterocycles. The number of sulfone groups is 1. The van der Waals surface area contributed by atoms with Crippen LogP contribution in [0.1, 0.15) is 19.8 Å². The summed E-state index contributed by atoms with van der Waals surface area (Å²) in [5.41, 5.74) is 1.08. The summed E-state index contributed by atoms with van der Waals surface area (Å²) in [6.07, 6.45) is 3.07. The zero-order chi connectivity index (χ0) is 14.8. The summed E-state index contributed by atoms with van der Waals surface area (Å²) in [5.74, 6) is 0.288. The third-order valence-corrected chi connectivity index (χ3v) is 3.99. The second kappa shape index (κ2) is 5.93. The van der Waals surface area contributed by atoms with Crippen molar-refractivity contribution in [2.24, 2.45) is 0 Å². The molecule has 108 valence electrons. The lowest BCUT2D eigenvalue weighted by Crippen LogP contribution is -2.11. The topological polar surface area (TPSA) is 72.0 Å². The first-order chi connectivity index (χ1) is 9.41. The highest BCUT2D eigenvalue weighted by molar-refractivity contribution is 7.90. The molecule has 1 aromatic heterocycles. The molecule has 0 spiro atoms. The maximum absolute atomic E-state index is 11.8. The fraction of sp³-hybridized carbons (Fsp3) is 0.385. The molecule has 0 atom stereocenters. The number of unbranched alkanes of at least 4 members (excludes halogenated alkanes) is 1. The summed E-state index contributed by atoms with van der Waals surface area (Å²) in [7, 11) is -3.44. The van der Waals surface area contributed by atoms with E-state index in [9.17, 15) is 8.42 Å². The Bertz CT molecular complexity index is 732. The SMILES string of the molecule is CCCCNc1nc2cc(Cl)ccc2nc1S(C)(=O)=O. The van der Waals surface area contributed by atoms with Crippen molar-refractivity contribution in [2.45, 2.75) is 24.8 Å². The van der Waals surface area contributed by atoms with Crippen molar-refractivity contribution in [3.8, 4) is 0 Å². The van der Waals surface area contributed by atoms with Gasteiger partial charge >= 0.3 is 0 Å². The lowest BCUT2D eigenvalue weighted by atomic mass is 10.3. The Labute approximate surface area is 123 Å². The van der Waals surface area contributed by atoms with Crippen LogP contribution in [-0.2, 0) is 9.84 Å². The normalized spacial score (nSPS) is 11.8. The van der Waals surface area contributed by atoms with Gasteiger partial charge in [0.1, 0.15) is 0 Å². The molecule has 20 heavy (non-hydrogen) atoms. The molecule has 0 fully saturated rings. The van der Waals surface area contributed by atoms with E-state index in [4.69, 9.17) is 11.6 Å². The van der Waals surface area contributed by atoms with Crippen LogP contribution < -0.4 is 5.32 Å². The van der Waals surface area contributed by atoms with E-state index >= 15 is 0 Å². The van der Waals surface area contributed by atoms with Gasteiger partial charge in [-0.05, 0) is 24.6 Å². The summed E-state index contributed by atoms with van der Waals surface area (Å²) < 4.78 is 23.7. The Morgan fingerprint density at radius 3 is 2.65 bits per heavy atom. The number of aromatic nitrogens is 2. The minimum Gasteiger partial charge on any atom is -0.368 e. The van der Waals surface area contributed by atoms with Gasteiger partial charge in [0.05, 0.1) is 11.0 Å². The largest absolute Gasteiger partial charge is 0.368 e. The summed E-state index contributed by atoms with van der Waals surface area (Å²) in [6.45, 7) is 2.71. The zero-order valence-electron chi connectivity index (χ0n) is 11.4. The van der Waals surface area contributed by atoms with Crippen molar-refractivity contribution in [3.05, 3.63) is 23.2 Å². The van der Waals surface area contributed by atoms with Crippen LogP contribution in [0.4, 0.5) is 5.82 Å². The van der Waals surface area contributed by atoms with Crippen molar-refractivity contribution in [2.75, 3.05) is 18.1 Å². The van der Waals surface area contributed by atoms with E-state index in [-0.39, 0.29) is 10.8 Å². The van der Waals surface area contributed by atoms with E-state index < -0.39 is 9.84 Å². The van der Waals surface area contributed by atoms with Gasteiger partial charge in [0.25, 0.3) is 0 Å². The Hall–Kier alpha value is -1.40. The Kier molecular flexibility index (Phi) is 4.45.